The normalized spacial score (nSPS) is 16.3. The molecule has 0 amide bonds. The summed E-state index contributed by atoms with van der Waals surface area (Å²) in [6, 6.07) is 20.5. The van der Waals surface area contributed by atoms with Crippen LogP contribution in [-0.4, -0.2) is 18.5 Å². The molecule has 0 radical (unpaired) electrons. The Morgan fingerprint density at radius 2 is 1.70 bits per heavy atom. The number of hydrogen-bond acceptors (Lipinski definition) is 4. The van der Waals surface area contributed by atoms with E-state index < -0.39 is 0 Å². The molecular formula is C23H25N3O. The summed E-state index contributed by atoms with van der Waals surface area (Å²) in [7, 11) is 1.71. The SMILES string of the molecule is COc1ccccc1C1Nc2cccc3cccc(c23)N=C1NC(C)(C)C. The maximum absolute atomic E-state index is 5.65. The van der Waals surface area contributed by atoms with Crippen LogP contribution in [0.4, 0.5) is 11.4 Å². The first kappa shape index (κ1) is 17.4. The molecule has 0 aromatic heterocycles. The van der Waals surface area contributed by atoms with Gasteiger partial charge in [-0.05, 0) is 44.4 Å². The number of aliphatic imine (C=N–C) groups is 1. The van der Waals surface area contributed by atoms with Crippen molar-refractivity contribution >= 4 is 28.0 Å². The molecule has 0 fully saturated rings. The molecule has 3 aromatic carbocycles. The van der Waals surface area contributed by atoms with Crippen LogP contribution in [0.15, 0.2) is 65.7 Å². The first-order valence-corrected chi connectivity index (χ1v) is 9.24. The van der Waals surface area contributed by atoms with Crippen LogP contribution in [0.5, 0.6) is 5.75 Å². The molecule has 1 unspecified atom stereocenters. The number of benzene rings is 3. The van der Waals surface area contributed by atoms with E-state index in [1.165, 1.54) is 5.39 Å². The van der Waals surface area contributed by atoms with E-state index in [0.717, 1.165) is 33.9 Å². The molecule has 1 aliphatic heterocycles. The van der Waals surface area contributed by atoms with Crippen LogP contribution in [0.2, 0.25) is 0 Å². The van der Waals surface area contributed by atoms with E-state index in [9.17, 15) is 0 Å². The summed E-state index contributed by atoms with van der Waals surface area (Å²) in [5.74, 6) is 1.73. The number of para-hydroxylation sites is 1. The predicted molar refractivity (Wildman–Crippen MR) is 113 cm³/mol. The Morgan fingerprint density at radius 3 is 2.44 bits per heavy atom. The summed E-state index contributed by atoms with van der Waals surface area (Å²) in [5, 5.41) is 9.64. The minimum atomic E-state index is -0.140. The van der Waals surface area contributed by atoms with E-state index in [4.69, 9.17) is 9.73 Å². The van der Waals surface area contributed by atoms with Crippen LogP contribution < -0.4 is 15.4 Å². The Balaban J connectivity index is 1.94. The molecule has 1 atom stereocenters. The zero-order valence-corrected chi connectivity index (χ0v) is 16.2. The zero-order valence-electron chi connectivity index (χ0n) is 16.2. The molecule has 0 saturated carbocycles. The highest BCUT2D eigenvalue weighted by Gasteiger charge is 2.28. The van der Waals surface area contributed by atoms with Crippen LogP contribution in [0, 0.1) is 0 Å². The second-order valence-electron chi connectivity index (χ2n) is 7.87. The molecule has 0 spiro atoms. The molecule has 27 heavy (non-hydrogen) atoms. The number of nitrogens with one attached hydrogen (secondary N) is 2. The van der Waals surface area contributed by atoms with Gasteiger partial charge in [0.2, 0.25) is 0 Å². The molecule has 3 aromatic rings. The van der Waals surface area contributed by atoms with Crippen molar-refractivity contribution in [2.75, 3.05) is 12.4 Å². The molecule has 4 heteroatoms. The molecule has 1 heterocycles. The van der Waals surface area contributed by atoms with Gasteiger partial charge in [0.1, 0.15) is 17.6 Å². The minimum Gasteiger partial charge on any atom is -0.496 e. The van der Waals surface area contributed by atoms with Gasteiger partial charge < -0.3 is 15.4 Å². The quantitative estimate of drug-likeness (QED) is 0.641. The van der Waals surface area contributed by atoms with Crippen LogP contribution >= 0.6 is 0 Å². The van der Waals surface area contributed by atoms with Gasteiger partial charge in [-0.2, -0.15) is 0 Å². The molecular weight excluding hydrogens is 334 g/mol. The Morgan fingerprint density at radius 1 is 0.963 bits per heavy atom. The average Bonchev–Trinajstić information content (AvgIpc) is 2.79. The lowest BCUT2D eigenvalue weighted by Crippen LogP contribution is -2.44. The van der Waals surface area contributed by atoms with Crippen molar-refractivity contribution in [2.24, 2.45) is 4.99 Å². The van der Waals surface area contributed by atoms with E-state index in [1.807, 2.05) is 18.2 Å². The molecule has 1 aliphatic rings. The first-order valence-electron chi connectivity index (χ1n) is 9.24. The number of rotatable bonds is 2. The van der Waals surface area contributed by atoms with E-state index in [2.05, 4.69) is 73.9 Å². The lowest BCUT2D eigenvalue weighted by atomic mass is 10.0. The van der Waals surface area contributed by atoms with Crippen molar-refractivity contribution < 1.29 is 4.74 Å². The van der Waals surface area contributed by atoms with Gasteiger partial charge in [-0.15, -0.1) is 0 Å². The Labute approximate surface area is 160 Å². The van der Waals surface area contributed by atoms with Gasteiger partial charge in [-0.3, -0.25) is 0 Å². The number of methoxy groups -OCH3 is 1. The van der Waals surface area contributed by atoms with Crippen LogP contribution in [0.1, 0.15) is 32.4 Å². The standard InChI is InChI=1S/C23H25N3O/c1-23(2,3)26-22-21(16-11-5-6-14-19(16)27-4)24-17-12-7-9-15-10-8-13-18(25-22)20(15)17/h5-14,21,24H,1-4H3,(H,25,26). The van der Waals surface area contributed by atoms with E-state index in [-0.39, 0.29) is 11.6 Å². The highest BCUT2D eigenvalue weighted by atomic mass is 16.5. The number of nitrogens with zero attached hydrogens (tertiary/aromatic N) is 1. The summed E-state index contributed by atoms with van der Waals surface area (Å²) < 4.78 is 5.65. The number of hydrogen-bond donors (Lipinski definition) is 2. The number of amidine groups is 1. The third kappa shape index (κ3) is 3.35. The van der Waals surface area contributed by atoms with E-state index in [0.29, 0.717) is 0 Å². The van der Waals surface area contributed by atoms with E-state index in [1.54, 1.807) is 7.11 Å². The molecule has 0 bridgehead atoms. The zero-order chi connectivity index (χ0) is 19.0. The van der Waals surface area contributed by atoms with Crippen molar-refractivity contribution in [3.05, 3.63) is 66.2 Å². The van der Waals surface area contributed by atoms with Crippen LogP contribution in [0.3, 0.4) is 0 Å². The molecule has 2 N–H and O–H groups in total. The van der Waals surface area contributed by atoms with Crippen molar-refractivity contribution in [1.29, 1.82) is 0 Å². The second-order valence-corrected chi connectivity index (χ2v) is 7.87. The fraction of sp³-hybridized carbons (Fsp3) is 0.261. The maximum atomic E-state index is 5.65. The third-order valence-corrected chi connectivity index (χ3v) is 4.65. The van der Waals surface area contributed by atoms with Gasteiger partial charge in [0.25, 0.3) is 0 Å². The van der Waals surface area contributed by atoms with Crippen LogP contribution in [-0.2, 0) is 0 Å². The smallest absolute Gasteiger partial charge is 0.130 e. The van der Waals surface area contributed by atoms with Crippen molar-refractivity contribution in [3.8, 4) is 5.75 Å². The molecule has 0 aliphatic carbocycles. The molecule has 4 nitrogen and oxygen atoms in total. The summed E-state index contributed by atoms with van der Waals surface area (Å²) in [5.41, 5.74) is 2.99. The summed E-state index contributed by atoms with van der Waals surface area (Å²) in [4.78, 5) is 5.06. The second kappa shape index (κ2) is 6.62. The van der Waals surface area contributed by atoms with Crippen molar-refractivity contribution in [1.82, 2.24) is 5.32 Å². The van der Waals surface area contributed by atoms with E-state index >= 15 is 0 Å². The highest BCUT2D eigenvalue weighted by Crippen LogP contribution is 2.39. The van der Waals surface area contributed by atoms with Gasteiger partial charge in [0, 0.05) is 22.2 Å². The fourth-order valence-electron chi connectivity index (χ4n) is 3.57. The van der Waals surface area contributed by atoms with Gasteiger partial charge in [-0.1, -0.05) is 42.5 Å². The summed E-state index contributed by atoms with van der Waals surface area (Å²) in [6.07, 6.45) is 0. The van der Waals surface area contributed by atoms with Crippen LogP contribution in [0.25, 0.3) is 10.8 Å². The van der Waals surface area contributed by atoms with Crippen molar-refractivity contribution in [3.63, 3.8) is 0 Å². The highest BCUT2D eigenvalue weighted by molar-refractivity contribution is 6.08. The lowest BCUT2D eigenvalue weighted by Gasteiger charge is -2.29. The maximum Gasteiger partial charge on any atom is 0.130 e. The number of ether oxygens (including phenoxy) is 1. The topological polar surface area (TPSA) is 45.6 Å². The lowest BCUT2D eigenvalue weighted by molar-refractivity contribution is 0.409. The minimum absolute atomic E-state index is 0.120. The molecule has 138 valence electrons. The molecule has 0 saturated heterocycles. The molecule has 4 rings (SSSR count). The number of anilines is 1. The Kier molecular flexibility index (Phi) is 4.27. The van der Waals surface area contributed by atoms with Gasteiger partial charge in [0.05, 0.1) is 12.8 Å². The third-order valence-electron chi connectivity index (χ3n) is 4.65. The first-order chi connectivity index (χ1) is 13.0. The monoisotopic (exact) mass is 359 g/mol. The van der Waals surface area contributed by atoms with Gasteiger partial charge in [0.15, 0.2) is 0 Å². The fourth-order valence-corrected chi connectivity index (χ4v) is 3.57. The summed E-state index contributed by atoms with van der Waals surface area (Å²) >= 11 is 0. The van der Waals surface area contributed by atoms with Gasteiger partial charge >= 0.3 is 0 Å². The average molecular weight is 359 g/mol. The predicted octanol–water partition coefficient (Wildman–Crippen LogP) is 5.43. The Hall–Kier alpha value is -3.01. The van der Waals surface area contributed by atoms with Crippen molar-refractivity contribution in [2.45, 2.75) is 32.4 Å². The summed E-state index contributed by atoms with van der Waals surface area (Å²) in [6.45, 7) is 6.44. The van der Waals surface area contributed by atoms with Gasteiger partial charge in [-0.25, -0.2) is 4.99 Å². The largest absolute Gasteiger partial charge is 0.496 e. The Bertz CT molecular complexity index is 1010.